The van der Waals surface area contributed by atoms with Crippen molar-refractivity contribution in [1.29, 1.82) is 0 Å². The molecule has 3 aromatic rings. The zero-order valence-corrected chi connectivity index (χ0v) is 10.3. The highest BCUT2D eigenvalue weighted by Crippen LogP contribution is 2.28. The Kier molecular flexibility index (Phi) is 2.64. The Bertz CT molecular complexity index is 784. The van der Waals surface area contributed by atoms with Crippen LogP contribution >= 0.6 is 11.6 Å². The molecule has 3 rings (SSSR count). The molecule has 0 aliphatic carbocycles. The van der Waals surface area contributed by atoms with E-state index in [0.29, 0.717) is 11.0 Å². The molecule has 0 saturated heterocycles. The number of aromatic nitrogens is 3. The fourth-order valence-corrected chi connectivity index (χ4v) is 2.16. The van der Waals surface area contributed by atoms with Crippen LogP contribution < -0.4 is 0 Å². The summed E-state index contributed by atoms with van der Waals surface area (Å²) in [6, 6.07) is 10.1. The average molecular weight is 275 g/mol. The zero-order chi connectivity index (χ0) is 13.4. The maximum atomic E-state index is 11.1. The van der Waals surface area contributed by atoms with Crippen molar-refractivity contribution in [3.05, 3.63) is 58.0 Å². The molecule has 0 radical (unpaired) electrons. The first-order valence-electron chi connectivity index (χ1n) is 5.41. The number of nitro groups is 1. The van der Waals surface area contributed by atoms with Gasteiger partial charge >= 0.3 is 5.69 Å². The van der Waals surface area contributed by atoms with E-state index in [2.05, 4.69) is 9.97 Å². The van der Waals surface area contributed by atoms with Crippen LogP contribution in [0.4, 0.5) is 5.69 Å². The van der Waals surface area contributed by atoms with Gasteiger partial charge in [0.25, 0.3) is 0 Å². The Labute approximate surface area is 112 Å². The number of imidazole rings is 1. The van der Waals surface area contributed by atoms with Crippen LogP contribution in [0.5, 0.6) is 0 Å². The van der Waals surface area contributed by atoms with Gasteiger partial charge in [-0.2, -0.15) is 0 Å². The Balaban J connectivity index is 2.37. The van der Waals surface area contributed by atoms with Crippen LogP contribution in [-0.2, 0) is 0 Å². The van der Waals surface area contributed by atoms with Gasteiger partial charge in [0.15, 0.2) is 0 Å². The lowest BCUT2D eigenvalue weighted by atomic mass is 10.3. The topological polar surface area (TPSA) is 73.8 Å². The summed E-state index contributed by atoms with van der Waals surface area (Å²) in [6.45, 7) is 0. The number of hydrogen-bond acceptors (Lipinski definition) is 4. The summed E-state index contributed by atoms with van der Waals surface area (Å²) in [7, 11) is 0. The third-order valence-corrected chi connectivity index (χ3v) is 2.95. The van der Waals surface area contributed by atoms with Crippen molar-refractivity contribution in [3.8, 4) is 5.82 Å². The van der Waals surface area contributed by atoms with Crippen LogP contribution in [0.3, 0.4) is 0 Å². The predicted octanol–water partition coefficient (Wildman–Crippen LogP) is 2.98. The molecular weight excluding hydrogens is 268 g/mol. The zero-order valence-electron chi connectivity index (χ0n) is 9.52. The van der Waals surface area contributed by atoms with E-state index in [1.807, 2.05) is 12.1 Å². The van der Waals surface area contributed by atoms with Gasteiger partial charge in [0.2, 0.25) is 11.1 Å². The minimum Gasteiger partial charge on any atom is -0.261 e. The molecule has 0 N–H and O–H groups in total. The van der Waals surface area contributed by atoms with Gasteiger partial charge in [-0.3, -0.25) is 14.7 Å². The first-order chi connectivity index (χ1) is 9.18. The van der Waals surface area contributed by atoms with Gasteiger partial charge in [0.05, 0.1) is 16.0 Å². The molecule has 0 spiro atoms. The average Bonchev–Trinajstić information content (AvgIpc) is 2.74. The number of hydrogen-bond donors (Lipinski definition) is 0. The number of halogens is 1. The SMILES string of the molecule is O=[N+]([O-])c1cccnc1-n1c(Cl)nc2ccccc21. The maximum absolute atomic E-state index is 11.1. The van der Waals surface area contributed by atoms with Gasteiger partial charge in [-0.05, 0) is 29.8 Å². The Morgan fingerprint density at radius 3 is 2.79 bits per heavy atom. The standard InChI is InChI=1S/C12H7ClN4O2/c13-12-15-8-4-1-2-5-9(8)16(12)11-10(17(18)19)6-3-7-14-11/h1-7H. The molecule has 7 heteroatoms. The number of fused-ring (bicyclic) bond motifs is 1. The smallest absolute Gasteiger partial charge is 0.261 e. The molecule has 2 aromatic heterocycles. The van der Waals surface area contributed by atoms with E-state index >= 15 is 0 Å². The molecule has 6 nitrogen and oxygen atoms in total. The normalized spacial score (nSPS) is 10.8. The fraction of sp³-hybridized carbons (Fsp3) is 0. The molecule has 0 amide bonds. The van der Waals surface area contributed by atoms with Crippen LogP contribution in [-0.4, -0.2) is 19.5 Å². The molecule has 0 aliphatic rings. The largest absolute Gasteiger partial charge is 0.312 e. The molecule has 2 heterocycles. The molecule has 0 bridgehead atoms. The molecule has 0 unspecified atom stereocenters. The number of benzene rings is 1. The minimum absolute atomic E-state index is 0.118. The first kappa shape index (κ1) is 11.6. The van der Waals surface area contributed by atoms with Gasteiger partial charge < -0.3 is 0 Å². The van der Waals surface area contributed by atoms with E-state index in [0.717, 1.165) is 0 Å². The van der Waals surface area contributed by atoms with Crippen molar-refractivity contribution in [1.82, 2.24) is 14.5 Å². The van der Waals surface area contributed by atoms with Crippen molar-refractivity contribution in [2.45, 2.75) is 0 Å². The molecular formula is C12H7ClN4O2. The van der Waals surface area contributed by atoms with Gasteiger partial charge in [0, 0.05) is 12.3 Å². The lowest BCUT2D eigenvalue weighted by molar-refractivity contribution is -0.384. The van der Waals surface area contributed by atoms with E-state index in [1.165, 1.54) is 22.9 Å². The summed E-state index contributed by atoms with van der Waals surface area (Å²) in [5, 5.41) is 11.2. The fourth-order valence-electron chi connectivity index (χ4n) is 1.90. The number of nitrogens with zero attached hydrogens (tertiary/aromatic N) is 4. The van der Waals surface area contributed by atoms with Crippen molar-refractivity contribution >= 4 is 28.3 Å². The summed E-state index contributed by atoms with van der Waals surface area (Å²) in [4.78, 5) is 18.8. The minimum atomic E-state index is -0.493. The van der Waals surface area contributed by atoms with Crippen LogP contribution in [0.2, 0.25) is 5.28 Å². The molecule has 19 heavy (non-hydrogen) atoms. The molecule has 0 saturated carbocycles. The number of para-hydroxylation sites is 2. The summed E-state index contributed by atoms with van der Waals surface area (Å²) in [5.41, 5.74) is 1.22. The van der Waals surface area contributed by atoms with Crippen molar-refractivity contribution in [3.63, 3.8) is 0 Å². The third kappa shape index (κ3) is 1.82. The highest BCUT2D eigenvalue weighted by molar-refractivity contribution is 6.29. The predicted molar refractivity (Wildman–Crippen MR) is 70.5 cm³/mol. The van der Waals surface area contributed by atoms with Crippen molar-refractivity contribution in [2.24, 2.45) is 0 Å². The van der Waals surface area contributed by atoms with E-state index in [4.69, 9.17) is 11.6 Å². The lowest BCUT2D eigenvalue weighted by Gasteiger charge is -2.04. The number of pyridine rings is 1. The summed E-state index contributed by atoms with van der Waals surface area (Å²) in [5.74, 6) is 0.159. The summed E-state index contributed by atoms with van der Waals surface area (Å²) >= 11 is 6.07. The van der Waals surface area contributed by atoms with Gasteiger partial charge in [-0.1, -0.05) is 12.1 Å². The third-order valence-electron chi connectivity index (χ3n) is 2.69. The van der Waals surface area contributed by atoms with Crippen LogP contribution in [0.1, 0.15) is 0 Å². The van der Waals surface area contributed by atoms with Gasteiger partial charge in [-0.25, -0.2) is 9.97 Å². The molecule has 94 valence electrons. The van der Waals surface area contributed by atoms with Crippen molar-refractivity contribution < 1.29 is 4.92 Å². The molecule has 0 aliphatic heterocycles. The summed E-state index contributed by atoms with van der Waals surface area (Å²) in [6.07, 6.45) is 1.48. The van der Waals surface area contributed by atoms with E-state index in [-0.39, 0.29) is 16.8 Å². The summed E-state index contributed by atoms with van der Waals surface area (Å²) < 4.78 is 1.47. The molecule has 0 fully saturated rings. The number of rotatable bonds is 2. The van der Waals surface area contributed by atoms with E-state index in [1.54, 1.807) is 12.1 Å². The molecule has 0 atom stereocenters. The van der Waals surface area contributed by atoms with Crippen LogP contribution in [0.25, 0.3) is 16.9 Å². The Hall–Kier alpha value is -2.47. The second kappa shape index (κ2) is 4.33. The van der Waals surface area contributed by atoms with E-state index < -0.39 is 4.92 Å². The lowest BCUT2D eigenvalue weighted by Crippen LogP contribution is -2.02. The molecule has 1 aromatic carbocycles. The van der Waals surface area contributed by atoms with Gasteiger partial charge in [-0.15, -0.1) is 0 Å². The van der Waals surface area contributed by atoms with Crippen LogP contribution in [0.15, 0.2) is 42.6 Å². The first-order valence-corrected chi connectivity index (χ1v) is 5.79. The van der Waals surface area contributed by atoms with Crippen molar-refractivity contribution in [2.75, 3.05) is 0 Å². The van der Waals surface area contributed by atoms with E-state index in [9.17, 15) is 10.1 Å². The highest BCUT2D eigenvalue weighted by Gasteiger charge is 2.20. The van der Waals surface area contributed by atoms with Crippen LogP contribution in [0, 0.1) is 10.1 Å². The maximum Gasteiger partial charge on any atom is 0.312 e. The monoisotopic (exact) mass is 274 g/mol. The second-order valence-electron chi connectivity index (χ2n) is 3.81. The quantitative estimate of drug-likeness (QED) is 0.532. The Morgan fingerprint density at radius 1 is 1.21 bits per heavy atom. The Morgan fingerprint density at radius 2 is 2.00 bits per heavy atom. The second-order valence-corrected chi connectivity index (χ2v) is 4.15. The highest BCUT2D eigenvalue weighted by atomic mass is 35.5. The van der Waals surface area contributed by atoms with Gasteiger partial charge in [0.1, 0.15) is 0 Å².